The summed E-state index contributed by atoms with van der Waals surface area (Å²) in [5.41, 5.74) is 1.27. The van der Waals surface area contributed by atoms with Crippen molar-refractivity contribution >= 4 is 51.1 Å². The number of para-hydroxylation sites is 1. The number of nitrogens with one attached hydrogen (secondary N) is 1. The Kier molecular flexibility index (Phi) is 4.44. The molecule has 2 aliphatic rings. The van der Waals surface area contributed by atoms with Crippen molar-refractivity contribution in [3.63, 3.8) is 0 Å². The number of aliphatic imine (C=N–C) groups is 1. The van der Waals surface area contributed by atoms with Gasteiger partial charge >= 0.3 is 0 Å². The highest BCUT2D eigenvalue weighted by molar-refractivity contribution is 8.27. The third kappa shape index (κ3) is 3.21. The number of carbonyl (C=O) groups excluding carboxylic acids is 1. The first-order valence-electron chi connectivity index (χ1n) is 7.83. The third-order valence-corrected chi connectivity index (χ3v) is 5.47. The largest absolute Gasteiger partial charge is 0.486 e. The van der Waals surface area contributed by atoms with E-state index in [2.05, 4.69) is 10.1 Å². The van der Waals surface area contributed by atoms with E-state index < -0.39 is 5.91 Å². The number of nitrogens with zero attached hydrogens (tertiary/aromatic N) is 3. The van der Waals surface area contributed by atoms with Crippen LogP contribution in [0, 0.1) is 12.3 Å². The molecule has 0 atom stereocenters. The summed E-state index contributed by atoms with van der Waals surface area (Å²) in [6, 6.07) is 11.5. The number of carbonyl (C=O) groups is 1. The molecule has 3 heterocycles. The number of thiophene rings is 1. The van der Waals surface area contributed by atoms with Crippen LogP contribution in [0.3, 0.4) is 0 Å². The second-order valence-electron chi connectivity index (χ2n) is 5.58. The molecule has 8 heteroatoms. The number of hydrogen-bond acceptors (Lipinski definition) is 6. The predicted molar refractivity (Wildman–Crippen MR) is 106 cm³/mol. The molecule has 0 saturated heterocycles. The molecule has 4 rings (SSSR count). The standard InChI is InChI=1S/C18H14N4O2S2/c1-11-5-2-3-7-14(11)24-10-15-21-22-16(19)13(9-12-6-4-8-25-12)17(23)20-18(22)26-15/h2-9,19H,10H2,1H3/b13-9-,19-16?. The van der Waals surface area contributed by atoms with Gasteiger partial charge in [0.2, 0.25) is 5.17 Å². The maximum Gasteiger partial charge on any atom is 0.283 e. The monoisotopic (exact) mass is 382 g/mol. The van der Waals surface area contributed by atoms with E-state index >= 15 is 0 Å². The van der Waals surface area contributed by atoms with E-state index in [0.29, 0.717) is 10.2 Å². The van der Waals surface area contributed by atoms with E-state index in [0.717, 1.165) is 16.2 Å². The summed E-state index contributed by atoms with van der Waals surface area (Å²) in [6.45, 7) is 2.23. The molecular weight excluding hydrogens is 368 g/mol. The molecule has 0 unspecified atom stereocenters. The Labute approximate surface area is 158 Å². The van der Waals surface area contributed by atoms with Gasteiger partial charge in [0.05, 0.1) is 5.57 Å². The van der Waals surface area contributed by atoms with E-state index in [4.69, 9.17) is 10.1 Å². The number of benzene rings is 1. The van der Waals surface area contributed by atoms with Gasteiger partial charge in [0.25, 0.3) is 5.91 Å². The fourth-order valence-electron chi connectivity index (χ4n) is 2.46. The van der Waals surface area contributed by atoms with Crippen LogP contribution in [-0.4, -0.2) is 33.6 Å². The third-order valence-electron chi connectivity index (χ3n) is 3.77. The normalized spacial score (nSPS) is 18.0. The Hall–Kier alpha value is -2.71. The van der Waals surface area contributed by atoms with Crippen LogP contribution in [-0.2, 0) is 4.79 Å². The molecule has 1 aromatic heterocycles. The maximum absolute atomic E-state index is 12.3. The molecule has 26 heavy (non-hydrogen) atoms. The van der Waals surface area contributed by atoms with E-state index in [9.17, 15) is 4.79 Å². The van der Waals surface area contributed by atoms with E-state index in [-0.39, 0.29) is 18.0 Å². The molecule has 6 nitrogen and oxygen atoms in total. The summed E-state index contributed by atoms with van der Waals surface area (Å²) < 4.78 is 5.80. The SMILES string of the molecule is Cc1ccccc1OCC1=NN2C(=N)/C(=C/c3cccs3)C(=O)N=C2S1. The average molecular weight is 382 g/mol. The summed E-state index contributed by atoms with van der Waals surface area (Å²) in [6.07, 6.45) is 1.68. The van der Waals surface area contributed by atoms with Gasteiger partial charge < -0.3 is 4.74 Å². The van der Waals surface area contributed by atoms with Crippen LogP contribution in [0.5, 0.6) is 5.75 Å². The van der Waals surface area contributed by atoms with Gasteiger partial charge in [-0.05, 0) is 47.8 Å². The van der Waals surface area contributed by atoms with Gasteiger partial charge in [-0.15, -0.1) is 11.3 Å². The zero-order valence-electron chi connectivity index (χ0n) is 13.8. The lowest BCUT2D eigenvalue weighted by atomic mass is 10.1. The van der Waals surface area contributed by atoms with E-state index in [1.54, 1.807) is 6.08 Å². The number of amidine groups is 2. The number of hydrazone groups is 1. The van der Waals surface area contributed by atoms with Gasteiger partial charge in [0, 0.05) is 4.88 Å². The minimum absolute atomic E-state index is 0.0341. The Balaban J connectivity index is 1.53. The second kappa shape index (κ2) is 6.89. The molecule has 0 bridgehead atoms. The van der Waals surface area contributed by atoms with Crippen LogP contribution in [0.1, 0.15) is 10.4 Å². The summed E-state index contributed by atoms with van der Waals surface area (Å²) in [5.74, 6) is 0.400. The summed E-state index contributed by atoms with van der Waals surface area (Å²) in [5, 5.41) is 17.1. The number of fused-ring (bicyclic) bond motifs is 1. The van der Waals surface area contributed by atoms with Gasteiger partial charge in [-0.2, -0.15) is 15.1 Å². The number of thioether (sulfide) groups is 1. The fourth-order valence-corrected chi connectivity index (χ4v) is 3.92. The molecule has 130 valence electrons. The van der Waals surface area contributed by atoms with Crippen molar-refractivity contribution in [3.8, 4) is 5.75 Å². The van der Waals surface area contributed by atoms with Gasteiger partial charge in [-0.25, -0.2) is 0 Å². The van der Waals surface area contributed by atoms with Crippen molar-refractivity contribution in [2.24, 2.45) is 10.1 Å². The first-order chi connectivity index (χ1) is 12.6. The van der Waals surface area contributed by atoms with Crippen LogP contribution in [0.15, 0.2) is 57.4 Å². The molecule has 1 N–H and O–H groups in total. The van der Waals surface area contributed by atoms with Crippen molar-refractivity contribution in [1.29, 1.82) is 5.41 Å². The molecule has 0 radical (unpaired) electrons. The molecule has 1 aromatic carbocycles. The van der Waals surface area contributed by atoms with Crippen molar-refractivity contribution in [2.75, 3.05) is 6.61 Å². The summed E-state index contributed by atoms with van der Waals surface area (Å²) in [4.78, 5) is 17.3. The Bertz CT molecular complexity index is 977. The van der Waals surface area contributed by atoms with Gasteiger partial charge in [-0.3, -0.25) is 10.2 Å². The Morgan fingerprint density at radius 2 is 2.12 bits per heavy atom. The van der Waals surface area contributed by atoms with Gasteiger partial charge in [-0.1, -0.05) is 24.3 Å². The van der Waals surface area contributed by atoms with E-state index in [1.165, 1.54) is 28.1 Å². The lowest BCUT2D eigenvalue weighted by molar-refractivity contribution is -0.114. The number of hydrogen-bond donors (Lipinski definition) is 1. The molecule has 2 aromatic rings. The molecule has 0 fully saturated rings. The number of aryl methyl sites for hydroxylation is 1. The zero-order valence-corrected chi connectivity index (χ0v) is 15.4. The average Bonchev–Trinajstić information content (AvgIpc) is 3.27. The van der Waals surface area contributed by atoms with Crippen LogP contribution >= 0.6 is 23.1 Å². The quantitative estimate of drug-likeness (QED) is 0.817. The number of rotatable bonds is 4. The van der Waals surface area contributed by atoms with Crippen LogP contribution in [0.25, 0.3) is 6.08 Å². The smallest absolute Gasteiger partial charge is 0.283 e. The topological polar surface area (TPSA) is 78.1 Å². The van der Waals surface area contributed by atoms with Crippen LogP contribution in [0.2, 0.25) is 0 Å². The Morgan fingerprint density at radius 1 is 1.27 bits per heavy atom. The summed E-state index contributed by atoms with van der Waals surface area (Å²) >= 11 is 2.75. The lowest BCUT2D eigenvalue weighted by Gasteiger charge is -2.19. The van der Waals surface area contributed by atoms with Gasteiger partial charge in [0.1, 0.15) is 17.4 Å². The predicted octanol–water partition coefficient (Wildman–Crippen LogP) is 3.75. The van der Waals surface area contributed by atoms with Crippen molar-refractivity contribution in [2.45, 2.75) is 6.92 Å². The van der Waals surface area contributed by atoms with Crippen molar-refractivity contribution in [3.05, 3.63) is 57.8 Å². The maximum atomic E-state index is 12.3. The highest BCUT2D eigenvalue weighted by Gasteiger charge is 2.35. The molecule has 0 saturated carbocycles. The first-order valence-corrected chi connectivity index (χ1v) is 9.52. The molecule has 2 aliphatic heterocycles. The summed E-state index contributed by atoms with van der Waals surface area (Å²) in [7, 11) is 0. The molecule has 0 aliphatic carbocycles. The highest BCUT2D eigenvalue weighted by atomic mass is 32.2. The second-order valence-corrected chi connectivity index (χ2v) is 7.60. The number of amides is 1. The van der Waals surface area contributed by atoms with Crippen LogP contribution in [0.4, 0.5) is 0 Å². The fraction of sp³-hybridized carbons (Fsp3) is 0.111. The van der Waals surface area contributed by atoms with Crippen LogP contribution < -0.4 is 4.74 Å². The lowest BCUT2D eigenvalue weighted by Crippen LogP contribution is -2.35. The minimum Gasteiger partial charge on any atom is -0.486 e. The van der Waals surface area contributed by atoms with Crippen molar-refractivity contribution < 1.29 is 9.53 Å². The minimum atomic E-state index is -0.418. The Morgan fingerprint density at radius 3 is 2.88 bits per heavy atom. The molecular formula is C18H14N4O2S2. The molecule has 1 amide bonds. The zero-order chi connectivity index (χ0) is 18.1. The van der Waals surface area contributed by atoms with Gasteiger partial charge in [0.15, 0.2) is 5.84 Å². The first kappa shape index (κ1) is 16.7. The molecule has 0 spiro atoms. The van der Waals surface area contributed by atoms with Crippen molar-refractivity contribution in [1.82, 2.24) is 5.01 Å². The van der Waals surface area contributed by atoms with E-state index in [1.807, 2.05) is 48.7 Å². The number of ether oxygens (including phenoxy) is 1. The highest BCUT2D eigenvalue weighted by Crippen LogP contribution is 2.29.